The number of rotatable bonds is 7. The van der Waals surface area contributed by atoms with Crippen molar-refractivity contribution < 1.29 is 13.2 Å². The van der Waals surface area contributed by atoms with Crippen molar-refractivity contribution in [2.75, 3.05) is 5.75 Å². The average Bonchev–Trinajstić information content (AvgIpc) is 2.89. The summed E-state index contributed by atoms with van der Waals surface area (Å²) in [5, 5.41) is 4.32. The van der Waals surface area contributed by atoms with Crippen LogP contribution in [0.2, 0.25) is 0 Å². The number of aryl methyl sites for hydroxylation is 3. The first kappa shape index (κ1) is 21.7. The zero-order valence-corrected chi connectivity index (χ0v) is 18.5. The van der Waals surface area contributed by atoms with E-state index < -0.39 is 9.84 Å². The van der Waals surface area contributed by atoms with Gasteiger partial charge in [0, 0.05) is 31.9 Å². The predicted molar refractivity (Wildman–Crippen MR) is 113 cm³/mol. The molecule has 0 bridgehead atoms. The molecule has 30 heavy (non-hydrogen) atoms. The first-order valence-corrected chi connectivity index (χ1v) is 11.3. The lowest BCUT2D eigenvalue weighted by atomic mass is 10.2. The minimum atomic E-state index is -3.32. The highest BCUT2D eigenvalue weighted by molar-refractivity contribution is 7.90. The molecule has 0 unspecified atom stereocenters. The summed E-state index contributed by atoms with van der Waals surface area (Å²) in [5.41, 5.74) is 2.76. The fourth-order valence-corrected chi connectivity index (χ4v) is 4.45. The molecule has 0 saturated heterocycles. The monoisotopic (exact) mass is 431 g/mol. The lowest BCUT2D eigenvalue weighted by Gasteiger charge is -2.10. The third-order valence-electron chi connectivity index (χ3n) is 4.66. The highest BCUT2D eigenvalue weighted by Gasteiger charge is 2.18. The molecule has 0 fully saturated rings. The van der Waals surface area contributed by atoms with Gasteiger partial charge in [-0.1, -0.05) is 6.92 Å². The summed E-state index contributed by atoms with van der Waals surface area (Å²) in [5.74, 6) is 0.379. The number of aromatic nitrogens is 5. The van der Waals surface area contributed by atoms with Gasteiger partial charge in [0.2, 0.25) is 5.56 Å². The number of ether oxygens (including phenoxy) is 1. The van der Waals surface area contributed by atoms with Crippen LogP contribution in [0.5, 0.6) is 11.8 Å². The van der Waals surface area contributed by atoms with Crippen molar-refractivity contribution in [3.63, 3.8) is 0 Å². The van der Waals surface area contributed by atoms with Gasteiger partial charge < -0.3 is 9.30 Å². The molecule has 0 aliphatic heterocycles. The SMILES string of the molecule is CCCS(=O)(=O)Cc1cc(-c2ccc(=O)n(C)c2)nc(Oc2c(C)nn(C)c2C)n1. The molecular weight excluding hydrogens is 406 g/mol. The Morgan fingerprint density at radius 2 is 1.87 bits per heavy atom. The second kappa shape index (κ2) is 8.39. The van der Waals surface area contributed by atoms with E-state index in [9.17, 15) is 13.2 Å². The van der Waals surface area contributed by atoms with E-state index >= 15 is 0 Å². The maximum atomic E-state index is 12.4. The molecule has 3 heterocycles. The molecule has 3 aromatic rings. The van der Waals surface area contributed by atoms with E-state index in [1.165, 1.54) is 10.6 Å². The quantitative estimate of drug-likeness (QED) is 0.565. The van der Waals surface area contributed by atoms with Gasteiger partial charge >= 0.3 is 6.01 Å². The van der Waals surface area contributed by atoms with Gasteiger partial charge in [0.15, 0.2) is 15.6 Å². The van der Waals surface area contributed by atoms with E-state index in [0.29, 0.717) is 34.8 Å². The summed E-state index contributed by atoms with van der Waals surface area (Å²) >= 11 is 0. The summed E-state index contributed by atoms with van der Waals surface area (Å²) in [4.78, 5) is 20.5. The minimum absolute atomic E-state index is 0.0299. The molecule has 0 aliphatic carbocycles. The number of hydrogen-bond acceptors (Lipinski definition) is 7. The number of sulfone groups is 1. The smallest absolute Gasteiger partial charge is 0.322 e. The van der Waals surface area contributed by atoms with Gasteiger partial charge in [-0.25, -0.2) is 8.42 Å². The Balaban J connectivity index is 2.09. The minimum Gasteiger partial charge on any atom is -0.420 e. The number of nitrogens with zero attached hydrogens (tertiary/aromatic N) is 5. The van der Waals surface area contributed by atoms with Crippen LogP contribution in [0, 0.1) is 13.8 Å². The van der Waals surface area contributed by atoms with Crippen LogP contribution in [0.25, 0.3) is 11.3 Å². The molecule has 3 rings (SSSR count). The zero-order chi connectivity index (χ0) is 22.1. The molecule has 160 valence electrons. The van der Waals surface area contributed by atoms with Crippen molar-refractivity contribution in [3.8, 4) is 23.0 Å². The maximum absolute atomic E-state index is 12.4. The summed E-state index contributed by atoms with van der Waals surface area (Å²) in [6, 6.07) is 4.71. The van der Waals surface area contributed by atoms with Crippen LogP contribution >= 0.6 is 0 Å². The molecular formula is C20H25N5O4S. The van der Waals surface area contributed by atoms with Gasteiger partial charge in [-0.05, 0) is 32.4 Å². The highest BCUT2D eigenvalue weighted by atomic mass is 32.2. The van der Waals surface area contributed by atoms with Gasteiger partial charge in [-0.15, -0.1) is 0 Å². The first-order chi connectivity index (χ1) is 14.1. The van der Waals surface area contributed by atoms with Crippen LogP contribution in [0.15, 0.2) is 29.2 Å². The van der Waals surface area contributed by atoms with E-state index in [-0.39, 0.29) is 23.1 Å². The Morgan fingerprint density at radius 1 is 1.13 bits per heavy atom. The summed E-state index contributed by atoms with van der Waals surface area (Å²) in [6.07, 6.45) is 2.16. The zero-order valence-electron chi connectivity index (χ0n) is 17.7. The van der Waals surface area contributed by atoms with Crippen molar-refractivity contribution in [1.82, 2.24) is 24.3 Å². The van der Waals surface area contributed by atoms with Gasteiger partial charge in [0.25, 0.3) is 0 Å². The Kier molecular flexibility index (Phi) is 6.06. The summed E-state index contributed by atoms with van der Waals surface area (Å²) < 4.78 is 33.8. The predicted octanol–water partition coefficient (Wildman–Crippen LogP) is 2.31. The molecule has 0 aromatic carbocycles. The topological polar surface area (TPSA) is 109 Å². The largest absolute Gasteiger partial charge is 0.420 e. The van der Waals surface area contributed by atoms with Crippen LogP contribution in [0.3, 0.4) is 0 Å². The Labute approximate surface area is 175 Å². The van der Waals surface area contributed by atoms with Crippen LogP contribution < -0.4 is 10.3 Å². The van der Waals surface area contributed by atoms with Crippen molar-refractivity contribution in [1.29, 1.82) is 0 Å². The van der Waals surface area contributed by atoms with Crippen molar-refractivity contribution in [2.45, 2.75) is 32.9 Å². The van der Waals surface area contributed by atoms with Gasteiger partial charge in [0.1, 0.15) is 5.69 Å². The second-order valence-electron chi connectivity index (χ2n) is 7.21. The molecule has 0 amide bonds. The first-order valence-electron chi connectivity index (χ1n) is 9.53. The molecule has 0 saturated carbocycles. The number of pyridine rings is 1. The van der Waals surface area contributed by atoms with Crippen molar-refractivity contribution in [2.24, 2.45) is 14.1 Å². The lowest BCUT2D eigenvalue weighted by Crippen LogP contribution is -2.14. The fraction of sp³-hybridized carbons (Fsp3) is 0.400. The van der Waals surface area contributed by atoms with Gasteiger partial charge in [-0.2, -0.15) is 15.1 Å². The Hall–Kier alpha value is -3.01. The van der Waals surface area contributed by atoms with E-state index in [4.69, 9.17) is 4.74 Å². The van der Waals surface area contributed by atoms with Gasteiger partial charge in [0.05, 0.1) is 28.6 Å². The molecule has 0 N–H and O–H groups in total. The van der Waals surface area contributed by atoms with Crippen LogP contribution in [0.4, 0.5) is 0 Å². The second-order valence-corrected chi connectivity index (χ2v) is 9.40. The number of hydrogen-bond donors (Lipinski definition) is 0. The molecule has 0 radical (unpaired) electrons. The van der Waals surface area contributed by atoms with Crippen LogP contribution in [-0.2, 0) is 29.7 Å². The van der Waals surface area contributed by atoms with Crippen LogP contribution in [-0.4, -0.2) is 38.5 Å². The Morgan fingerprint density at radius 3 is 2.47 bits per heavy atom. The summed E-state index contributed by atoms with van der Waals surface area (Å²) in [7, 11) is 0.126. The molecule has 0 atom stereocenters. The van der Waals surface area contributed by atoms with Gasteiger partial charge in [-0.3, -0.25) is 9.48 Å². The average molecular weight is 432 g/mol. The molecule has 0 spiro atoms. The molecule has 0 aliphatic rings. The third-order valence-corrected chi connectivity index (χ3v) is 6.43. The fourth-order valence-electron chi connectivity index (χ4n) is 3.09. The third kappa shape index (κ3) is 4.76. The lowest BCUT2D eigenvalue weighted by molar-refractivity contribution is 0.434. The standard InChI is InChI=1S/C20H25N5O4S/c1-6-9-30(27,28)12-16-10-17(15-7-8-18(26)24(4)11-15)22-20(21-16)29-19-13(2)23-25(5)14(19)3/h7-8,10-11H,6,9,12H2,1-5H3. The van der Waals surface area contributed by atoms with E-state index in [1.807, 2.05) is 20.8 Å². The normalized spacial score (nSPS) is 11.6. The van der Waals surface area contributed by atoms with Crippen molar-refractivity contribution in [3.05, 3.63) is 51.8 Å². The van der Waals surface area contributed by atoms with E-state index in [2.05, 4.69) is 15.1 Å². The van der Waals surface area contributed by atoms with E-state index in [1.54, 1.807) is 37.1 Å². The highest BCUT2D eigenvalue weighted by Crippen LogP contribution is 2.28. The molecule has 9 nitrogen and oxygen atoms in total. The van der Waals surface area contributed by atoms with Crippen LogP contribution in [0.1, 0.15) is 30.4 Å². The maximum Gasteiger partial charge on any atom is 0.322 e. The molecule has 10 heteroatoms. The summed E-state index contributed by atoms with van der Waals surface area (Å²) in [6.45, 7) is 5.49. The Bertz CT molecular complexity index is 1240. The van der Waals surface area contributed by atoms with E-state index in [0.717, 1.165) is 5.69 Å². The molecule has 3 aromatic heterocycles. The van der Waals surface area contributed by atoms with Crippen molar-refractivity contribution >= 4 is 9.84 Å².